The summed E-state index contributed by atoms with van der Waals surface area (Å²) < 4.78 is 5.37. The standard InChI is InChI=1S/C18H31N5O2/c1-15-5-6-18(20-19-15)23-7-3-4-16(12-23)21(2)13-17(24)14-22-8-10-25-11-9-22/h5-6,16-17,24H,3-4,7-14H2,1-2H3/t16-,17+/m0/s1. The maximum Gasteiger partial charge on any atom is 0.151 e. The van der Waals surface area contributed by atoms with Gasteiger partial charge in [-0.25, -0.2) is 0 Å². The van der Waals surface area contributed by atoms with E-state index in [0.29, 0.717) is 12.6 Å². The van der Waals surface area contributed by atoms with E-state index in [2.05, 4.69) is 38.0 Å². The van der Waals surface area contributed by atoms with Crippen molar-refractivity contribution in [2.24, 2.45) is 0 Å². The first-order valence-electron chi connectivity index (χ1n) is 9.35. The number of aliphatic hydroxyl groups is 1. The number of likely N-dealkylation sites (N-methyl/N-ethyl adjacent to an activating group) is 1. The van der Waals surface area contributed by atoms with Crippen molar-refractivity contribution in [2.75, 3.05) is 64.4 Å². The Morgan fingerprint density at radius 2 is 2.08 bits per heavy atom. The molecule has 0 spiro atoms. The van der Waals surface area contributed by atoms with Gasteiger partial charge >= 0.3 is 0 Å². The van der Waals surface area contributed by atoms with Gasteiger partial charge in [0.1, 0.15) is 0 Å². The number of aryl methyl sites for hydroxylation is 1. The Labute approximate surface area is 150 Å². The second-order valence-corrected chi connectivity index (χ2v) is 7.28. The molecule has 0 unspecified atom stereocenters. The van der Waals surface area contributed by atoms with Crippen LogP contribution >= 0.6 is 0 Å². The Hall–Kier alpha value is -1.28. The topological polar surface area (TPSA) is 65.0 Å². The molecule has 140 valence electrons. The lowest BCUT2D eigenvalue weighted by Crippen LogP contribution is -2.50. The first kappa shape index (κ1) is 18.5. The molecule has 1 aromatic rings. The Balaban J connectivity index is 1.49. The first-order chi connectivity index (χ1) is 12.1. The average Bonchev–Trinajstić information content (AvgIpc) is 2.63. The highest BCUT2D eigenvalue weighted by molar-refractivity contribution is 5.38. The van der Waals surface area contributed by atoms with E-state index < -0.39 is 0 Å². The van der Waals surface area contributed by atoms with Crippen LogP contribution in [0.25, 0.3) is 0 Å². The number of β-amino-alcohol motifs (C(OH)–C–C–N with tert-alkyl or cyclic N) is 1. The summed E-state index contributed by atoms with van der Waals surface area (Å²) in [6.07, 6.45) is 1.98. The van der Waals surface area contributed by atoms with Crippen LogP contribution in [0.1, 0.15) is 18.5 Å². The van der Waals surface area contributed by atoms with E-state index in [1.54, 1.807) is 0 Å². The van der Waals surface area contributed by atoms with Gasteiger partial charge in [0.2, 0.25) is 0 Å². The third kappa shape index (κ3) is 5.34. The van der Waals surface area contributed by atoms with Gasteiger partial charge in [0, 0.05) is 45.3 Å². The SMILES string of the molecule is Cc1ccc(N2CCC[C@H](N(C)C[C@@H](O)CN3CCOCC3)C2)nn1. The molecule has 0 saturated carbocycles. The summed E-state index contributed by atoms with van der Waals surface area (Å²) in [5, 5.41) is 19.0. The monoisotopic (exact) mass is 349 g/mol. The number of aromatic nitrogens is 2. The van der Waals surface area contributed by atoms with Gasteiger partial charge in [-0.1, -0.05) is 0 Å². The molecule has 3 heterocycles. The summed E-state index contributed by atoms with van der Waals surface area (Å²) in [4.78, 5) is 6.90. The van der Waals surface area contributed by atoms with Crippen molar-refractivity contribution in [3.05, 3.63) is 17.8 Å². The van der Waals surface area contributed by atoms with Crippen LogP contribution < -0.4 is 4.90 Å². The smallest absolute Gasteiger partial charge is 0.151 e. The van der Waals surface area contributed by atoms with E-state index in [9.17, 15) is 5.11 Å². The number of hydrogen-bond acceptors (Lipinski definition) is 7. The molecule has 1 N–H and O–H groups in total. The Bertz CT molecular complexity index is 521. The van der Waals surface area contributed by atoms with Crippen molar-refractivity contribution in [3.63, 3.8) is 0 Å². The maximum atomic E-state index is 10.5. The molecule has 0 bridgehead atoms. The third-order valence-electron chi connectivity index (χ3n) is 5.20. The lowest BCUT2D eigenvalue weighted by atomic mass is 10.0. The number of anilines is 1. The molecule has 25 heavy (non-hydrogen) atoms. The normalized spacial score (nSPS) is 23.8. The van der Waals surface area contributed by atoms with Crippen molar-refractivity contribution < 1.29 is 9.84 Å². The Morgan fingerprint density at radius 1 is 1.28 bits per heavy atom. The zero-order valence-corrected chi connectivity index (χ0v) is 15.5. The van der Waals surface area contributed by atoms with Gasteiger partial charge < -0.3 is 14.7 Å². The fraction of sp³-hybridized carbons (Fsp3) is 0.778. The van der Waals surface area contributed by atoms with Crippen molar-refractivity contribution in [1.82, 2.24) is 20.0 Å². The van der Waals surface area contributed by atoms with Crippen molar-refractivity contribution in [2.45, 2.75) is 31.9 Å². The van der Waals surface area contributed by atoms with E-state index in [0.717, 1.165) is 70.3 Å². The summed E-state index contributed by atoms with van der Waals surface area (Å²) in [6, 6.07) is 4.51. The fourth-order valence-corrected chi connectivity index (χ4v) is 3.70. The van der Waals surface area contributed by atoms with Crippen LogP contribution in [-0.4, -0.2) is 96.8 Å². The van der Waals surface area contributed by atoms with E-state index >= 15 is 0 Å². The second-order valence-electron chi connectivity index (χ2n) is 7.28. The molecular weight excluding hydrogens is 318 g/mol. The molecule has 3 rings (SSSR count). The number of aliphatic hydroxyl groups excluding tert-OH is 1. The van der Waals surface area contributed by atoms with Crippen LogP contribution in [0.3, 0.4) is 0 Å². The molecule has 1 aromatic heterocycles. The van der Waals surface area contributed by atoms with Gasteiger partial charge in [-0.05, 0) is 38.9 Å². The fourth-order valence-electron chi connectivity index (χ4n) is 3.70. The van der Waals surface area contributed by atoms with E-state index in [1.165, 1.54) is 0 Å². The number of ether oxygens (including phenoxy) is 1. The van der Waals surface area contributed by atoms with Crippen molar-refractivity contribution in [1.29, 1.82) is 0 Å². The molecule has 2 atom stereocenters. The molecule has 2 aliphatic rings. The highest BCUT2D eigenvalue weighted by Gasteiger charge is 2.26. The predicted octanol–water partition coefficient (Wildman–Crippen LogP) is 0.379. The number of hydrogen-bond donors (Lipinski definition) is 1. The lowest BCUT2D eigenvalue weighted by Gasteiger charge is -2.39. The summed E-state index contributed by atoms with van der Waals surface area (Å²) in [7, 11) is 2.12. The summed E-state index contributed by atoms with van der Waals surface area (Å²) in [5.41, 5.74) is 0.945. The molecule has 0 aromatic carbocycles. The summed E-state index contributed by atoms with van der Waals surface area (Å²) in [5.74, 6) is 0.956. The van der Waals surface area contributed by atoms with Crippen LogP contribution in [0.5, 0.6) is 0 Å². The number of morpholine rings is 1. The van der Waals surface area contributed by atoms with Gasteiger partial charge in [0.25, 0.3) is 0 Å². The van der Waals surface area contributed by atoms with Crippen LogP contribution in [0, 0.1) is 6.92 Å². The first-order valence-corrected chi connectivity index (χ1v) is 9.35. The lowest BCUT2D eigenvalue weighted by molar-refractivity contribution is 0.00529. The molecule has 0 amide bonds. The minimum Gasteiger partial charge on any atom is -0.390 e. The zero-order valence-electron chi connectivity index (χ0n) is 15.5. The van der Waals surface area contributed by atoms with Gasteiger partial charge in [0.15, 0.2) is 5.82 Å². The van der Waals surface area contributed by atoms with Gasteiger partial charge in [-0.2, -0.15) is 5.10 Å². The Morgan fingerprint density at radius 3 is 2.80 bits per heavy atom. The minimum atomic E-state index is -0.322. The molecule has 0 aliphatic carbocycles. The van der Waals surface area contributed by atoms with Crippen molar-refractivity contribution >= 4 is 5.82 Å². The largest absolute Gasteiger partial charge is 0.390 e. The molecule has 0 radical (unpaired) electrons. The summed E-state index contributed by atoms with van der Waals surface area (Å²) >= 11 is 0. The summed E-state index contributed by atoms with van der Waals surface area (Å²) in [6.45, 7) is 8.75. The molecule has 2 saturated heterocycles. The second kappa shape index (κ2) is 8.89. The minimum absolute atomic E-state index is 0.322. The highest BCUT2D eigenvalue weighted by atomic mass is 16.5. The third-order valence-corrected chi connectivity index (χ3v) is 5.20. The highest BCUT2D eigenvalue weighted by Crippen LogP contribution is 2.20. The number of nitrogens with zero attached hydrogens (tertiary/aromatic N) is 5. The van der Waals surface area contributed by atoms with E-state index in [-0.39, 0.29) is 6.10 Å². The van der Waals surface area contributed by atoms with Gasteiger partial charge in [-0.15, -0.1) is 5.10 Å². The quantitative estimate of drug-likeness (QED) is 0.796. The molecule has 7 nitrogen and oxygen atoms in total. The van der Waals surface area contributed by atoms with Gasteiger partial charge in [0.05, 0.1) is 25.0 Å². The average molecular weight is 349 g/mol. The van der Waals surface area contributed by atoms with Crippen LogP contribution in [-0.2, 0) is 4.74 Å². The van der Waals surface area contributed by atoms with E-state index in [4.69, 9.17) is 4.74 Å². The predicted molar refractivity (Wildman–Crippen MR) is 97.9 cm³/mol. The molecule has 2 fully saturated rings. The molecule has 7 heteroatoms. The van der Waals surface area contributed by atoms with E-state index in [1.807, 2.05) is 13.0 Å². The maximum absolute atomic E-state index is 10.5. The van der Waals surface area contributed by atoms with Crippen LogP contribution in [0.2, 0.25) is 0 Å². The van der Waals surface area contributed by atoms with Gasteiger partial charge in [-0.3, -0.25) is 9.80 Å². The Kier molecular flexibility index (Phi) is 6.58. The zero-order chi connectivity index (χ0) is 17.6. The van der Waals surface area contributed by atoms with Crippen LogP contribution in [0.4, 0.5) is 5.82 Å². The molecule has 2 aliphatic heterocycles. The number of piperidine rings is 1. The van der Waals surface area contributed by atoms with Crippen molar-refractivity contribution in [3.8, 4) is 0 Å². The number of rotatable bonds is 6. The molecular formula is C18H31N5O2. The van der Waals surface area contributed by atoms with Crippen LogP contribution in [0.15, 0.2) is 12.1 Å².